The van der Waals surface area contributed by atoms with E-state index in [-0.39, 0.29) is 0 Å². The molecule has 11 heavy (non-hydrogen) atoms. The highest BCUT2D eigenvalue weighted by Gasteiger charge is 2.34. The third-order valence-electron chi connectivity index (χ3n) is 1.46. The average molecular weight is 153 g/mol. The Morgan fingerprint density at radius 2 is 2.27 bits per heavy atom. The first-order chi connectivity index (χ1) is 5.10. The third-order valence-corrected chi connectivity index (χ3v) is 1.46. The summed E-state index contributed by atoms with van der Waals surface area (Å²) in [7, 11) is 0. The topological polar surface area (TPSA) is 23.8 Å². The molecule has 0 radical (unpaired) electrons. The van der Waals surface area contributed by atoms with Crippen molar-refractivity contribution in [1.29, 1.82) is 5.26 Å². The van der Waals surface area contributed by atoms with Crippen LogP contribution in [0.2, 0.25) is 0 Å². The highest BCUT2D eigenvalue weighted by molar-refractivity contribution is 5.47. The van der Waals surface area contributed by atoms with E-state index in [9.17, 15) is 8.78 Å². The van der Waals surface area contributed by atoms with Crippen LogP contribution >= 0.6 is 0 Å². The Bertz CT molecular complexity index is 296. The van der Waals surface area contributed by atoms with Gasteiger partial charge in [-0.3, -0.25) is 0 Å². The van der Waals surface area contributed by atoms with E-state index in [1.54, 1.807) is 0 Å². The summed E-state index contributed by atoms with van der Waals surface area (Å²) in [4.78, 5) is 0. The van der Waals surface area contributed by atoms with Gasteiger partial charge in [-0.1, -0.05) is 12.7 Å². The molecule has 0 N–H and O–H groups in total. The first-order valence-electron chi connectivity index (χ1n) is 2.95. The molecule has 0 spiro atoms. The van der Waals surface area contributed by atoms with Crippen molar-refractivity contribution in [3.8, 4) is 6.07 Å². The van der Waals surface area contributed by atoms with E-state index in [1.807, 2.05) is 0 Å². The lowest BCUT2D eigenvalue weighted by Crippen LogP contribution is -2.21. The van der Waals surface area contributed by atoms with E-state index in [1.165, 1.54) is 6.07 Å². The van der Waals surface area contributed by atoms with Gasteiger partial charge in [0.05, 0.1) is 0 Å². The largest absolute Gasteiger partial charge is 0.241 e. The predicted octanol–water partition coefficient (Wildman–Crippen LogP) is 2.20. The van der Waals surface area contributed by atoms with Gasteiger partial charge < -0.3 is 0 Å². The summed E-state index contributed by atoms with van der Waals surface area (Å²) in [6, 6.07) is 1.33. The Labute approximate surface area is 62.9 Å². The molecule has 0 aliphatic heterocycles. The van der Waals surface area contributed by atoms with Crippen molar-refractivity contribution in [2.75, 3.05) is 0 Å². The van der Waals surface area contributed by atoms with Crippen molar-refractivity contribution < 1.29 is 8.78 Å². The highest BCUT2D eigenvalue weighted by atomic mass is 19.1. The van der Waals surface area contributed by atoms with Crippen LogP contribution in [0.15, 0.2) is 36.2 Å². The molecule has 1 atom stereocenters. The zero-order valence-corrected chi connectivity index (χ0v) is 5.64. The molecule has 1 unspecified atom stereocenters. The number of hydrogen-bond donors (Lipinski definition) is 0. The minimum absolute atomic E-state index is 0.428. The van der Waals surface area contributed by atoms with E-state index in [0.29, 0.717) is 0 Å². The van der Waals surface area contributed by atoms with E-state index < -0.39 is 17.1 Å². The van der Waals surface area contributed by atoms with Crippen molar-refractivity contribution >= 4 is 0 Å². The fourth-order valence-electron chi connectivity index (χ4n) is 0.745. The minimum Gasteiger partial charge on any atom is -0.217 e. The quantitative estimate of drug-likeness (QED) is 0.523. The second-order valence-corrected chi connectivity index (χ2v) is 2.18. The van der Waals surface area contributed by atoms with Crippen LogP contribution in [-0.4, -0.2) is 5.67 Å². The molecule has 3 heteroatoms. The molecule has 0 aromatic rings. The van der Waals surface area contributed by atoms with E-state index in [2.05, 4.69) is 6.58 Å². The summed E-state index contributed by atoms with van der Waals surface area (Å²) >= 11 is 0. The molecule has 0 aromatic carbocycles. The number of nitrogens with zero attached hydrogens (tertiary/aromatic N) is 1. The predicted molar refractivity (Wildman–Crippen MR) is 36.9 cm³/mol. The molecule has 0 fully saturated rings. The van der Waals surface area contributed by atoms with Crippen LogP contribution in [0, 0.1) is 11.3 Å². The number of allylic oxidation sites excluding steroid dienone is 5. The average Bonchev–Trinajstić information content (AvgIpc) is 2.00. The standard InChI is InChI=1S/C8H5F2N/c1-6-7(9)3-2-4-8(6,10)5-11/h2-4H,1H2. The van der Waals surface area contributed by atoms with Gasteiger partial charge in [-0.2, -0.15) is 5.26 Å². The minimum atomic E-state index is -2.36. The van der Waals surface area contributed by atoms with Gasteiger partial charge in [0.15, 0.2) is 0 Å². The van der Waals surface area contributed by atoms with E-state index in [0.717, 1.165) is 18.2 Å². The van der Waals surface area contributed by atoms with Crippen LogP contribution < -0.4 is 0 Å². The Morgan fingerprint density at radius 1 is 1.64 bits per heavy atom. The van der Waals surface area contributed by atoms with E-state index >= 15 is 0 Å². The smallest absolute Gasteiger partial charge is 0.217 e. The Hall–Kier alpha value is -1.43. The fraction of sp³-hybridized carbons (Fsp3) is 0.125. The maximum Gasteiger partial charge on any atom is 0.241 e. The fourth-order valence-corrected chi connectivity index (χ4v) is 0.745. The molecule has 56 valence electrons. The molecule has 0 bridgehead atoms. The van der Waals surface area contributed by atoms with Gasteiger partial charge in [-0.05, 0) is 12.2 Å². The maximum absolute atomic E-state index is 13.1. The lowest BCUT2D eigenvalue weighted by atomic mass is 9.93. The number of nitriles is 1. The van der Waals surface area contributed by atoms with Gasteiger partial charge in [-0.25, -0.2) is 8.78 Å². The van der Waals surface area contributed by atoms with Crippen molar-refractivity contribution in [2.45, 2.75) is 5.67 Å². The van der Waals surface area contributed by atoms with Gasteiger partial charge in [-0.15, -0.1) is 0 Å². The number of halogens is 2. The third kappa shape index (κ3) is 1.07. The van der Waals surface area contributed by atoms with Crippen molar-refractivity contribution in [3.63, 3.8) is 0 Å². The number of rotatable bonds is 0. The van der Waals surface area contributed by atoms with Crippen LogP contribution in [0.25, 0.3) is 0 Å². The lowest BCUT2D eigenvalue weighted by Gasteiger charge is -2.16. The molecular weight excluding hydrogens is 148 g/mol. The molecule has 0 saturated carbocycles. The van der Waals surface area contributed by atoms with Crippen LogP contribution in [0.4, 0.5) is 8.78 Å². The van der Waals surface area contributed by atoms with Crippen molar-refractivity contribution in [1.82, 2.24) is 0 Å². The molecular formula is C8H5F2N. The zero-order valence-electron chi connectivity index (χ0n) is 5.64. The molecule has 0 heterocycles. The summed E-state index contributed by atoms with van der Waals surface area (Å²) in [5.41, 5.74) is -2.79. The second kappa shape index (κ2) is 2.31. The summed E-state index contributed by atoms with van der Waals surface area (Å²) in [6.07, 6.45) is 3.20. The van der Waals surface area contributed by atoms with Crippen molar-refractivity contribution in [3.05, 3.63) is 36.2 Å². The van der Waals surface area contributed by atoms with Gasteiger partial charge in [0, 0.05) is 5.57 Å². The molecule has 0 aromatic heterocycles. The maximum atomic E-state index is 13.1. The van der Waals surface area contributed by atoms with Crippen molar-refractivity contribution in [2.24, 2.45) is 0 Å². The van der Waals surface area contributed by atoms with Crippen LogP contribution in [0.5, 0.6) is 0 Å². The summed E-state index contributed by atoms with van der Waals surface area (Å²) in [6.45, 7) is 3.13. The Balaban J connectivity index is 3.11. The first kappa shape index (κ1) is 7.67. The summed E-state index contributed by atoms with van der Waals surface area (Å²) < 4.78 is 25.7. The Morgan fingerprint density at radius 3 is 2.73 bits per heavy atom. The number of hydrogen-bond acceptors (Lipinski definition) is 1. The van der Waals surface area contributed by atoms with Gasteiger partial charge in [0.25, 0.3) is 0 Å². The molecule has 0 amide bonds. The van der Waals surface area contributed by atoms with Gasteiger partial charge in [0.2, 0.25) is 5.67 Å². The molecule has 0 saturated heterocycles. The molecule has 1 aliphatic carbocycles. The summed E-state index contributed by atoms with van der Waals surface area (Å²) in [5, 5.41) is 8.31. The summed E-state index contributed by atoms with van der Waals surface area (Å²) in [5.74, 6) is -0.781. The van der Waals surface area contributed by atoms with Crippen LogP contribution in [0.3, 0.4) is 0 Å². The van der Waals surface area contributed by atoms with E-state index in [4.69, 9.17) is 5.26 Å². The number of alkyl halides is 1. The molecule has 1 nitrogen and oxygen atoms in total. The molecule has 1 aliphatic rings. The zero-order chi connectivity index (χ0) is 8.48. The normalized spacial score (nSPS) is 29.5. The first-order valence-corrected chi connectivity index (χ1v) is 2.95. The molecule has 1 rings (SSSR count). The van der Waals surface area contributed by atoms with Gasteiger partial charge in [0.1, 0.15) is 11.9 Å². The highest BCUT2D eigenvalue weighted by Crippen LogP contribution is 2.31. The van der Waals surface area contributed by atoms with Crippen LogP contribution in [-0.2, 0) is 0 Å². The lowest BCUT2D eigenvalue weighted by molar-refractivity contribution is 0.351. The van der Waals surface area contributed by atoms with Gasteiger partial charge >= 0.3 is 0 Å². The monoisotopic (exact) mass is 153 g/mol. The van der Waals surface area contributed by atoms with Crippen LogP contribution in [0.1, 0.15) is 0 Å². The second-order valence-electron chi connectivity index (χ2n) is 2.18. The SMILES string of the molecule is C=C1C(F)=CC=CC1(F)C#N. The Kier molecular flexibility index (Phi) is 1.61.